The van der Waals surface area contributed by atoms with Gasteiger partial charge in [-0.15, -0.1) is 10.2 Å². The third kappa shape index (κ3) is 3.82. The van der Waals surface area contributed by atoms with Gasteiger partial charge in [-0.1, -0.05) is 29.0 Å². The van der Waals surface area contributed by atoms with Gasteiger partial charge >= 0.3 is 0 Å². The monoisotopic (exact) mass is 378 g/mol. The van der Waals surface area contributed by atoms with Gasteiger partial charge in [-0.25, -0.2) is 0 Å². The minimum absolute atomic E-state index is 0.0477. The molecule has 0 spiro atoms. The lowest BCUT2D eigenvalue weighted by molar-refractivity contribution is 0.235. The first kappa shape index (κ1) is 17.8. The molecule has 9 heteroatoms. The van der Waals surface area contributed by atoms with Crippen LogP contribution in [-0.4, -0.2) is 53.8 Å². The molecule has 7 nitrogen and oxygen atoms in total. The van der Waals surface area contributed by atoms with Crippen LogP contribution in [-0.2, 0) is 0 Å². The number of rotatable bonds is 5. The fourth-order valence-corrected chi connectivity index (χ4v) is 3.91. The number of hydrogen-bond donors (Lipinski definition) is 4. The van der Waals surface area contributed by atoms with Gasteiger partial charge < -0.3 is 26.5 Å². The molecule has 1 saturated heterocycles. The maximum absolute atomic E-state index is 9.32. The van der Waals surface area contributed by atoms with Crippen molar-refractivity contribution in [3.8, 4) is 10.6 Å². The van der Waals surface area contributed by atoms with Crippen molar-refractivity contribution in [2.75, 3.05) is 31.1 Å². The Morgan fingerprint density at radius 3 is 3.04 bits per heavy atom. The van der Waals surface area contributed by atoms with Crippen molar-refractivity contribution in [1.29, 1.82) is 5.41 Å². The number of hydrogen-bond acceptors (Lipinski definition) is 8. The predicted octanol–water partition coefficient (Wildman–Crippen LogP) is 1.58. The van der Waals surface area contributed by atoms with Gasteiger partial charge in [-0.2, -0.15) is 0 Å². The van der Waals surface area contributed by atoms with E-state index in [1.54, 1.807) is 6.07 Å². The number of piperazine rings is 1. The summed E-state index contributed by atoms with van der Waals surface area (Å²) in [7, 11) is 0. The van der Waals surface area contributed by atoms with Crippen LogP contribution in [0.3, 0.4) is 0 Å². The summed E-state index contributed by atoms with van der Waals surface area (Å²) in [5, 5.41) is 30.6. The van der Waals surface area contributed by atoms with Gasteiger partial charge in [0.15, 0.2) is 5.01 Å². The fraction of sp³-hybridized carbons (Fsp3) is 0.312. The quantitative estimate of drug-likeness (QED) is 0.588. The molecular formula is C16H19ClN6OS. The molecule has 3 rings (SSSR count). The topological polar surface area (TPSA) is 111 Å². The summed E-state index contributed by atoms with van der Waals surface area (Å²) in [5.74, 6) is 0. The van der Waals surface area contributed by atoms with Crippen molar-refractivity contribution in [1.82, 2.24) is 15.5 Å². The molecule has 0 bridgehead atoms. The third-order valence-electron chi connectivity index (χ3n) is 4.03. The standard InChI is InChI=1S/C16H19ClN6OS/c17-14-5-10(11(6-18)7-19)1-2-13(14)15-21-22-16(25-15)23-4-3-20-12(8-23)9-24/h1-2,5-7,12,18,20,24H,3-4,8-9,19H2/b11-7+,18-6?. The summed E-state index contributed by atoms with van der Waals surface area (Å²) in [5.41, 5.74) is 7.69. The molecule has 132 valence electrons. The van der Waals surface area contributed by atoms with Gasteiger partial charge in [0.25, 0.3) is 0 Å². The number of aromatic nitrogens is 2. The molecule has 2 aromatic rings. The van der Waals surface area contributed by atoms with Gasteiger partial charge in [0, 0.05) is 49.2 Å². The van der Waals surface area contributed by atoms with E-state index in [0.29, 0.717) is 17.1 Å². The Hall–Kier alpha value is -2.00. The predicted molar refractivity (Wildman–Crippen MR) is 102 cm³/mol. The zero-order valence-electron chi connectivity index (χ0n) is 13.4. The molecule has 1 unspecified atom stereocenters. The smallest absolute Gasteiger partial charge is 0.208 e. The minimum atomic E-state index is 0.0477. The molecule has 0 amide bonds. The summed E-state index contributed by atoms with van der Waals surface area (Å²) in [6.45, 7) is 2.41. The molecule has 1 aliphatic rings. The molecule has 1 fully saturated rings. The molecule has 1 aliphatic heterocycles. The lowest BCUT2D eigenvalue weighted by Gasteiger charge is -2.32. The number of allylic oxidation sites excluding steroid dienone is 1. The lowest BCUT2D eigenvalue weighted by Crippen LogP contribution is -2.52. The number of nitrogens with one attached hydrogen (secondary N) is 2. The Labute approximate surface area is 154 Å². The van der Waals surface area contributed by atoms with Crippen LogP contribution in [0.5, 0.6) is 0 Å². The number of benzene rings is 1. The first-order valence-corrected chi connectivity index (χ1v) is 9.01. The molecule has 0 aliphatic carbocycles. The lowest BCUT2D eigenvalue weighted by atomic mass is 10.1. The fourth-order valence-electron chi connectivity index (χ4n) is 2.67. The number of nitrogens with zero attached hydrogens (tertiary/aromatic N) is 3. The van der Waals surface area contributed by atoms with E-state index in [-0.39, 0.29) is 12.6 Å². The Bertz CT molecular complexity index is 793. The van der Waals surface area contributed by atoms with Crippen LogP contribution in [0.25, 0.3) is 16.1 Å². The highest BCUT2D eigenvalue weighted by molar-refractivity contribution is 7.18. The summed E-state index contributed by atoms with van der Waals surface area (Å²) in [4.78, 5) is 2.12. The number of halogens is 1. The molecule has 1 aromatic carbocycles. The van der Waals surface area contributed by atoms with Crippen LogP contribution in [0.2, 0.25) is 5.02 Å². The highest BCUT2D eigenvalue weighted by Crippen LogP contribution is 2.34. The van der Waals surface area contributed by atoms with Crippen LogP contribution in [0.15, 0.2) is 24.4 Å². The van der Waals surface area contributed by atoms with Gasteiger partial charge in [-0.3, -0.25) is 0 Å². The number of nitrogens with two attached hydrogens (primary N) is 1. The molecule has 1 aromatic heterocycles. The SMILES string of the molecule is N=C/C(=C\N)c1ccc(-c2nnc(N3CCNC(CO)C3)s2)c(Cl)c1. The Morgan fingerprint density at radius 1 is 1.52 bits per heavy atom. The summed E-state index contributed by atoms with van der Waals surface area (Å²) in [6.07, 6.45) is 2.57. The number of aliphatic hydroxyl groups is 1. The normalized spacial score (nSPS) is 18.4. The van der Waals surface area contributed by atoms with Crippen molar-refractivity contribution in [2.45, 2.75) is 6.04 Å². The zero-order valence-corrected chi connectivity index (χ0v) is 15.0. The first-order valence-electron chi connectivity index (χ1n) is 7.81. The Balaban J connectivity index is 1.84. The van der Waals surface area contributed by atoms with E-state index in [2.05, 4.69) is 20.4 Å². The molecule has 5 N–H and O–H groups in total. The highest BCUT2D eigenvalue weighted by atomic mass is 35.5. The van der Waals surface area contributed by atoms with Crippen LogP contribution in [0.1, 0.15) is 5.56 Å². The van der Waals surface area contributed by atoms with Crippen molar-refractivity contribution in [3.63, 3.8) is 0 Å². The summed E-state index contributed by atoms with van der Waals surface area (Å²) < 4.78 is 0. The second-order valence-electron chi connectivity index (χ2n) is 5.63. The minimum Gasteiger partial charge on any atom is -0.404 e. The molecule has 25 heavy (non-hydrogen) atoms. The van der Waals surface area contributed by atoms with E-state index in [0.717, 1.165) is 34.4 Å². The van der Waals surface area contributed by atoms with Gasteiger partial charge in [0.05, 0.1) is 11.6 Å². The molecule has 1 atom stereocenters. The van der Waals surface area contributed by atoms with E-state index in [1.165, 1.54) is 23.8 Å². The average Bonchev–Trinajstić information content (AvgIpc) is 3.13. The van der Waals surface area contributed by atoms with Gasteiger partial charge in [0.2, 0.25) is 5.13 Å². The highest BCUT2D eigenvalue weighted by Gasteiger charge is 2.22. The largest absolute Gasteiger partial charge is 0.404 e. The van der Waals surface area contributed by atoms with Crippen LogP contribution < -0.4 is 16.0 Å². The van der Waals surface area contributed by atoms with Crippen LogP contribution in [0, 0.1) is 5.41 Å². The maximum atomic E-state index is 9.32. The zero-order chi connectivity index (χ0) is 17.8. The Kier molecular flexibility index (Phi) is 5.64. The molecule has 0 radical (unpaired) electrons. The molecule has 0 saturated carbocycles. The van der Waals surface area contributed by atoms with Crippen molar-refractivity contribution in [2.24, 2.45) is 5.73 Å². The Morgan fingerprint density at radius 2 is 2.36 bits per heavy atom. The summed E-state index contributed by atoms with van der Waals surface area (Å²) in [6, 6.07) is 5.54. The number of anilines is 1. The second kappa shape index (κ2) is 7.92. The third-order valence-corrected chi connectivity index (χ3v) is 5.36. The maximum Gasteiger partial charge on any atom is 0.208 e. The number of aliphatic hydroxyl groups excluding tert-OH is 1. The van der Waals surface area contributed by atoms with E-state index in [9.17, 15) is 5.11 Å². The van der Waals surface area contributed by atoms with E-state index < -0.39 is 0 Å². The van der Waals surface area contributed by atoms with Crippen molar-refractivity contribution in [3.05, 3.63) is 35.0 Å². The van der Waals surface area contributed by atoms with E-state index in [1.807, 2.05) is 12.1 Å². The second-order valence-corrected chi connectivity index (χ2v) is 6.99. The van der Waals surface area contributed by atoms with Crippen LogP contribution >= 0.6 is 22.9 Å². The van der Waals surface area contributed by atoms with Crippen LogP contribution in [0.4, 0.5) is 5.13 Å². The van der Waals surface area contributed by atoms with Crippen molar-refractivity contribution < 1.29 is 5.11 Å². The summed E-state index contributed by atoms with van der Waals surface area (Å²) >= 11 is 7.87. The average molecular weight is 379 g/mol. The van der Waals surface area contributed by atoms with E-state index in [4.69, 9.17) is 22.7 Å². The molecule has 2 heterocycles. The van der Waals surface area contributed by atoms with Crippen molar-refractivity contribution >= 4 is 39.9 Å². The van der Waals surface area contributed by atoms with E-state index >= 15 is 0 Å². The van der Waals surface area contributed by atoms with Gasteiger partial charge in [-0.05, 0) is 17.7 Å². The first-order chi connectivity index (χ1) is 12.2. The van der Waals surface area contributed by atoms with Gasteiger partial charge in [0.1, 0.15) is 0 Å². The molecular weight excluding hydrogens is 360 g/mol.